The minimum absolute atomic E-state index is 0.107. The summed E-state index contributed by atoms with van der Waals surface area (Å²) in [5.41, 5.74) is 0.107. The lowest BCUT2D eigenvalue weighted by Crippen LogP contribution is -2.47. The number of hydrogen-bond acceptors (Lipinski definition) is 2. The largest absolute Gasteiger partial charge is 0.371 e. The van der Waals surface area contributed by atoms with Gasteiger partial charge in [0, 0.05) is 6.54 Å². The first-order chi connectivity index (χ1) is 8.03. The van der Waals surface area contributed by atoms with Crippen molar-refractivity contribution in [1.82, 2.24) is 5.32 Å². The molecule has 2 nitrogen and oxygen atoms in total. The summed E-state index contributed by atoms with van der Waals surface area (Å²) in [4.78, 5) is 0. The summed E-state index contributed by atoms with van der Waals surface area (Å²) in [6, 6.07) is 0. The summed E-state index contributed by atoms with van der Waals surface area (Å²) in [5.74, 6) is 1.73. The smallest absolute Gasteiger partial charge is 0.0810 e. The maximum atomic E-state index is 6.33. The lowest BCUT2D eigenvalue weighted by atomic mass is 9.74. The fraction of sp³-hybridized carbons (Fsp3) is 1.00. The topological polar surface area (TPSA) is 21.3 Å². The zero-order valence-corrected chi connectivity index (χ0v) is 12.4. The molecule has 2 heteroatoms. The second-order valence-electron chi connectivity index (χ2n) is 6.13. The van der Waals surface area contributed by atoms with E-state index in [0.717, 1.165) is 24.8 Å². The van der Waals surface area contributed by atoms with E-state index in [-0.39, 0.29) is 5.60 Å². The molecule has 0 heterocycles. The van der Waals surface area contributed by atoms with Gasteiger partial charge in [0.25, 0.3) is 0 Å². The molecular formula is C15H31NO. The van der Waals surface area contributed by atoms with Crippen LogP contribution in [0.4, 0.5) is 0 Å². The van der Waals surface area contributed by atoms with Crippen LogP contribution in [0.15, 0.2) is 0 Å². The highest BCUT2D eigenvalue weighted by Gasteiger charge is 2.37. The minimum atomic E-state index is 0.107. The van der Waals surface area contributed by atoms with E-state index < -0.39 is 0 Å². The number of nitrogens with one attached hydrogen (secondary N) is 1. The second kappa shape index (κ2) is 6.75. The maximum absolute atomic E-state index is 6.33. The van der Waals surface area contributed by atoms with Crippen molar-refractivity contribution >= 4 is 0 Å². The summed E-state index contributed by atoms with van der Waals surface area (Å²) in [7, 11) is 2.04. The molecule has 1 fully saturated rings. The third-order valence-electron chi connectivity index (χ3n) is 4.41. The van der Waals surface area contributed by atoms with E-state index in [1.54, 1.807) is 0 Å². The molecule has 102 valence electrons. The molecular weight excluding hydrogens is 210 g/mol. The van der Waals surface area contributed by atoms with Crippen molar-refractivity contribution < 1.29 is 4.74 Å². The predicted octanol–water partition coefficient (Wildman–Crippen LogP) is 3.61. The van der Waals surface area contributed by atoms with Gasteiger partial charge in [-0.05, 0) is 57.9 Å². The number of likely N-dealkylation sites (N-methyl/N-ethyl adjacent to an activating group) is 1. The van der Waals surface area contributed by atoms with Crippen molar-refractivity contribution in [2.24, 2.45) is 11.8 Å². The molecule has 1 saturated carbocycles. The molecule has 1 N–H and O–H groups in total. The summed E-state index contributed by atoms with van der Waals surface area (Å²) < 4.78 is 6.33. The minimum Gasteiger partial charge on any atom is -0.371 e. The molecule has 0 aliphatic heterocycles. The Balaban J connectivity index is 2.56. The van der Waals surface area contributed by atoms with Crippen LogP contribution in [-0.4, -0.2) is 25.3 Å². The number of ether oxygens (including phenoxy) is 1. The zero-order chi connectivity index (χ0) is 12.9. The lowest BCUT2D eigenvalue weighted by Gasteiger charge is -2.42. The van der Waals surface area contributed by atoms with Crippen LogP contribution >= 0.6 is 0 Å². The van der Waals surface area contributed by atoms with E-state index in [0.29, 0.717) is 6.10 Å². The molecule has 17 heavy (non-hydrogen) atoms. The monoisotopic (exact) mass is 241 g/mol. The molecule has 0 spiro atoms. The molecule has 1 rings (SSSR count). The van der Waals surface area contributed by atoms with Gasteiger partial charge in [-0.3, -0.25) is 0 Å². The Hall–Kier alpha value is -0.0800. The maximum Gasteiger partial charge on any atom is 0.0810 e. The van der Waals surface area contributed by atoms with Crippen LogP contribution in [0.2, 0.25) is 0 Å². The van der Waals surface area contributed by atoms with Crippen molar-refractivity contribution in [3.63, 3.8) is 0 Å². The van der Waals surface area contributed by atoms with E-state index in [4.69, 9.17) is 4.74 Å². The third-order valence-corrected chi connectivity index (χ3v) is 4.41. The SMILES string of the molecule is CCC(C)OC1(CNC)CCC(C(C)C)CC1. The summed E-state index contributed by atoms with van der Waals surface area (Å²) >= 11 is 0. The summed E-state index contributed by atoms with van der Waals surface area (Å²) in [6.45, 7) is 10.1. The Morgan fingerprint density at radius 1 is 1.24 bits per heavy atom. The van der Waals surface area contributed by atoms with Crippen LogP contribution < -0.4 is 5.32 Å². The van der Waals surface area contributed by atoms with Crippen LogP contribution in [0.25, 0.3) is 0 Å². The Bertz CT molecular complexity index is 207. The van der Waals surface area contributed by atoms with Gasteiger partial charge in [-0.1, -0.05) is 20.8 Å². The molecule has 1 unspecified atom stereocenters. The van der Waals surface area contributed by atoms with E-state index in [2.05, 4.69) is 33.0 Å². The number of hydrogen-bond donors (Lipinski definition) is 1. The van der Waals surface area contributed by atoms with Crippen LogP contribution in [0.1, 0.15) is 59.8 Å². The highest BCUT2D eigenvalue weighted by atomic mass is 16.5. The fourth-order valence-corrected chi connectivity index (χ4v) is 3.00. The quantitative estimate of drug-likeness (QED) is 0.767. The van der Waals surface area contributed by atoms with E-state index in [1.807, 2.05) is 7.05 Å². The Morgan fingerprint density at radius 2 is 1.82 bits per heavy atom. The normalized spacial score (nSPS) is 31.8. The molecule has 0 bridgehead atoms. The van der Waals surface area contributed by atoms with Gasteiger partial charge in [0.1, 0.15) is 0 Å². The average Bonchev–Trinajstić information content (AvgIpc) is 2.29. The number of rotatable bonds is 6. The average molecular weight is 241 g/mol. The predicted molar refractivity (Wildman–Crippen MR) is 74.3 cm³/mol. The Kier molecular flexibility index (Phi) is 5.94. The molecule has 1 aliphatic rings. The zero-order valence-electron chi connectivity index (χ0n) is 12.4. The van der Waals surface area contributed by atoms with Gasteiger partial charge in [-0.25, -0.2) is 0 Å². The Labute approximate surface area is 108 Å². The van der Waals surface area contributed by atoms with Crippen LogP contribution in [0.5, 0.6) is 0 Å². The van der Waals surface area contributed by atoms with Gasteiger partial charge in [0.2, 0.25) is 0 Å². The molecule has 0 amide bonds. The first-order valence-electron chi connectivity index (χ1n) is 7.35. The molecule has 1 aliphatic carbocycles. The van der Waals surface area contributed by atoms with Gasteiger partial charge in [0.05, 0.1) is 11.7 Å². The Morgan fingerprint density at radius 3 is 2.24 bits per heavy atom. The van der Waals surface area contributed by atoms with Crippen molar-refractivity contribution in [1.29, 1.82) is 0 Å². The first kappa shape index (κ1) is 15.0. The van der Waals surface area contributed by atoms with Gasteiger partial charge in [-0.2, -0.15) is 0 Å². The van der Waals surface area contributed by atoms with Gasteiger partial charge in [0.15, 0.2) is 0 Å². The second-order valence-corrected chi connectivity index (χ2v) is 6.13. The summed E-state index contributed by atoms with van der Waals surface area (Å²) in [5, 5.41) is 3.33. The molecule has 1 atom stereocenters. The van der Waals surface area contributed by atoms with Gasteiger partial charge < -0.3 is 10.1 Å². The van der Waals surface area contributed by atoms with Crippen molar-refractivity contribution in [3.05, 3.63) is 0 Å². The molecule has 0 aromatic heterocycles. The van der Waals surface area contributed by atoms with Gasteiger partial charge >= 0.3 is 0 Å². The lowest BCUT2D eigenvalue weighted by molar-refractivity contribution is -0.114. The van der Waals surface area contributed by atoms with E-state index in [1.165, 1.54) is 25.7 Å². The fourth-order valence-electron chi connectivity index (χ4n) is 3.00. The third kappa shape index (κ3) is 4.26. The van der Waals surface area contributed by atoms with Crippen molar-refractivity contribution in [2.45, 2.75) is 71.5 Å². The highest BCUT2D eigenvalue weighted by molar-refractivity contribution is 4.90. The van der Waals surface area contributed by atoms with Crippen LogP contribution in [0.3, 0.4) is 0 Å². The van der Waals surface area contributed by atoms with E-state index in [9.17, 15) is 0 Å². The van der Waals surface area contributed by atoms with Crippen LogP contribution in [0, 0.1) is 11.8 Å². The molecule has 0 saturated heterocycles. The van der Waals surface area contributed by atoms with Gasteiger partial charge in [-0.15, -0.1) is 0 Å². The van der Waals surface area contributed by atoms with Crippen molar-refractivity contribution in [3.8, 4) is 0 Å². The molecule has 0 aromatic rings. The molecule has 0 radical (unpaired) electrons. The standard InChI is InChI=1S/C15H31NO/c1-6-13(4)17-15(11-16-5)9-7-14(8-10-15)12(2)3/h12-14,16H,6-11H2,1-5H3. The van der Waals surface area contributed by atoms with Crippen molar-refractivity contribution in [2.75, 3.05) is 13.6 Å². The van der Waals surface area contributed by atoms with E-state index >= 15 is 0 Å². The summed E-state index contributed by atoms with van der Waals surface area (Å²) in [6.07, 6.45) is 6.60. The molecule has 0 aromatic carbocycles. The highest BCUT2D eigenvalue weighted by Crippen LogP contribution is 2.38. The first-order valence-corrected chi connectivity index (χ1v) is 7.35. The van der Waals surface area contributed by atoms with Crippen LogP contribution in [-0.2, 0) is 4.74 Å².